The van der Waals surface area contributed by atoms with Crippen LogP contribution < -0.4 is 11.2 Å². The standard InChI is InChI=1S/C18H26N4O6S/c1-12(17(19)24)8-10-28-21-18(25)14-7-6-13(2)22(11-15(14)23)29(26,27)16-5-3-4-9-20-16/h3-5,9,12-14H,6-8,10-11H2,1-2H3,(H2,19,24)(H,21,25)/t12-,13+,14-/m0/s1. The fourth-order valence-electron chi connectivity index (χ4n) is 2.92. The second-order valence-electron chi connectivity index (χ2n) is 7.07. The van der Waals surface area contributed by atoms with Crippen molar-refractivity contribution in [3.05, 3.63) is 24.4 Å². The van der Waals surface area contributed by atoms with Crippen molar-refractivity contribution in [3.63, 3.8) is 0 Å². The first-order chi connectivity index (χ1) is 13.6. The minimum absolute atomic E-state index is 0.0628. The lowest BCUT2D eigenvalue weighted by atomic mass is 9.98. The highest BCUT2D eigenvalue weighted by molar-refractivity contribution is 7.89. The minimum atomic E-state index is -3.96. The molecule has 2 amide bonds. The molecule has 0 aromatic carbocycles. The summed E-state index contributed by atoms with van der Waals surface area (Å²) in [6.07, 6.45) is 2.21. The first-order valence-corrected chi connectivity index (χ1v) is 10.7. The number of hydrogen-bond donors (Lipinski definition) is 2. The third-order valence-corrected chi connectivity index (χ3v) is 6.78. The molecule has 2 heterocycles. The van der Waals surface area contributed by atoms with Gasteiger partial charge in [0.25, 0.3) is 15.9 Å². The maximum atomic E-state index is 12.9. The number of hydroxylamine groups is 1. The maximum Gasteiger partial charge on any atom is 0.261 e. The predicted octanol–water partition coefficient (Wildman–Crippen LogP) is -0.000800. The number of Topliss-reactive ketones (excluding diaryl/α,β-unsaturated/α-hetero) is 1. The molecule has 1 aliphatic heterocycles. The minimum Gasteiger partial charge on any atom is -0.369 e. The van der Waals surface area contributed by atoms with Gasteiger partial charge in [-0.05, 0) is 38.3 Å². The number of primary amides is 1. The Morgan fingerprint density at radius 2 is 2.10 bits per heavy atom. The second kappa shape index (κ2) is 9.90. The van der Waals surface area contributed by atoms with Crippen LogP contribution in [0.25, 0.3) is 0 Å². The van der Waals surface area contributed by atoms with Crippen LogP contribution >= 0.6 is 0 Å². The van der Waals surface area contributed by atoms with Crippen molar-refractivity contribution in [2.75, 3.05) is 13.2 Å². The molecule has 160 valence electrons. The van der Waals surface area contributed by atoms with Crippen LogP contribution in [0.2, 0.25) is 0 Å². The number of nitrogens with two attached hydrogens (primary N) is 1. The van der Waals surface area contributed by atoms with Gasteiger partial charge in [-0.25, -0.2) is 18.9 Å². The summed E-state index contributed by atoms with van der Waals surface area (Å²) in [5, 5.41) is -0.144. The molecule has 3 atom stereocenters. The van der Waals surface area contributed by atoms with Crippen LogP contribution in [-0.4, -0.2) is 54.5 Å². The molecule has 29 heavy (non-hydrogen) atoms. The summed E-state index contributed by atoms with van der Waals surface area (Å²) in [5.41, 5.74) is 7.36. The number of pyridine rings is 1. The van der Waals surface area contributed by atoms with Crippen LogP contribution in [0.4, 0.5) is 0 Å². The molecule has 1 aromatic heterocycles. The van der Waals surface area contributed by atoms with E-state index in [0.717, 1.165) is 4.31 Å². The molecule has 1 saturated heterocycles. The van der Waals surface area contributed by atoms with E-state index in [1.165, 1.54) is 12.3 Å². The zero-order valence-corrected chi connectivity index (χ0v) is 17.2. The molecule has 2 rings (SSSR count). The number of sulfonamides is 1. The smallest absolute Gasteiger partial charge is 0.261 e. The quantitative estimate of drug-likeness (QED) is 0.337. The summed E-state index contributed by atoms with van der Waals surface area (Å²) in [6.45, 7) is 2.97. The number of ketones is 1. The zero-order chi connectivity index (χ0) is 21.6. The Hall–Kier alpha value is -2.37. The number of amides is 2. The van der Waals surface area contributed by atoms with Crippen molar-refractivity contribution in [2.45, 2.75) is 44.2 Å². The predicted molar refractivity (Wildman–Crippen MR) is 102 cm³/mol. The van der Waals surface area contributed by atoms with Gasteiger partial charge in [0.1, 0.15) is 5.92 Å². The van der Waals surface area contributed by atoms with Crippen LogP contribution in [0.15, 0.2) is 29.4 Å². The number of rotatable bonds is 8. The maximum absolute atomic E-state index is 12.9. The van der Waals surface area contributed by atoms with E-state index in [0.29, 0.717) is 12.8 Å². The first-order valence-electron chi connectivity index (χ1n) is 9.31. The lowest BCUT2D eigenvalue weighted by molar-refractivity contribution is -0.143. The van der Waals surface area contributed by atoms with E-state index in [4.69, 9.17) is 10.6 Å². The molecule has 0 aliphatic carbocycles. The van der Waals surface area contributed by atoms with Crippen LogP contribution in [-0.2, 0) is 29.2 Å². The Bertz CT molecular complexity index is 845. The SMILES string of the molecule is C[C@@H]1CC[C@H](C(=O)NOCC[C@H](C)C(N)=O)C(=O)CN1S(=O)(=O)c1ccccn1. The fourth-order valence-corrected chi connectivity index (χ4v) is 4.48. The van der Waals surface area contributed by atoms with E-state index in [1.54, 1.807) is 26.0 Å². The summed E-state index contributed by atoms with van der Waals surface area (Å²) in [5.74, 6) is -3.04. The average Bonchev–Trinajstić information content (AvgIpc) is 2.84. The number of nitrogens with zero attached hydrogens (tertiary/aromatic N) is 2. The summed E-state index contributed by atoms with van der Waals surface area (Å²) in [7, 11) is -3.96. The van der Waals surface area contributed by atoms with Crippen LogP contribution in [0.1, 0.15) is 33.1 Å². The van der Waals surface area contributed by atoms with E-state index < -0.39 is 52.0 Å². The van der Waals surface area contributed by atoms with Crippen LogP contribution in [0, 0.1) is 11.8 Å². The summed E-state index contributed by atoms with van der Waals surface area (Å²) in [4.78, 5) is 44.9. The molecule has 0 spiro atoms. The average molecular weight is 426 g/mol. The normalized spacial score (nSPS) is 21.9. The van der Waals surface area contributed by atoms with Crippen LogP contribution in [0.3, 0.4) is 0 Å². The molecule has 10 nitrogen and oxygen atoms in total. The third kappa shape index (κ3) is 5.81. The van der Waals surface area contributed by atoms with E-state index in [9.17, 15) is 22.8 Å². The van der Waals surface area contributed by atoms with Gasteiger partial charge in [-0.15, -0.1) is 0 Å². The van der Waals surface area contributed by atoms with Gasteiger partial charge in [0.2, 0.25) is 5.91 Å². The van der Waals surface area contributed by atoms with Gasteiger partial charge in [0.05, 0.1) is 13.2 Å². The number of aromatic nitrogens is 1. The van der Waals surface area contributed by atoms with Gasteiger partial charge in [0, 0.05) is 18.2 Å². The molecule has 1 aliphatic rings. The van der Waals surface area contributed by atoms with Gasteiger partial charge < -0.3 is 5.73 Å². The lowest BCUT2D eigenvalue weighted by Gasteiger charge is -2.24. The van der Waals surface area contributed by atoms with Crippen molar-refractivity contribution in [3.8, 4) is 0 Å². The van der Waals surface area contributed by atoms with Gasteiger partial charge >= 0.3 is 0 Å². The third-order valence-electron chi connectivity index (χ3n) is 4.90. The number of hydrogen-bond acceptors (Lipinski definition) is 7. The summed E-state index contributed by atoms with van der Waals surface area (Å²) in [6, 6.07) is 4.04. The topological polar surface area (TPSA) is 149 Å². The van der Waals surface area contributed by atoms with E-state index in [1.807, 2.05) is 0 Å². The molecule has 0 unspecified atom stereocenters. The van der Waals surface area contributed by atoms with Crippen molar-refractivity contribution in [2.24, 2.45) is 17.6 Å². The molecule has 3 N–H and O–H groups in total. The van der Waals surface area contributed by atoms with E-state index >= 15 is 0 Å². The molecular weight excluding hydrogens is 400 g/mol. The van der Waals surface area contributed by atoms with E-state index in [2.05, 4.69) is 10.5 Å². The van der Waals surface area contributed by atoms with Crippen molar-refractivity contribution < 1.29 is 27.6 Å². The number of nitrogens with one attached hydrogen (secondary N) is 1. The second-order valence-corrected chi connectivity index (χ2v) is 8.91. The number of carbonyl (C=O) groups is 3. The van der Waals surface area contributed by atoms with Crippen molar-refractivity contribution >= 4 is 27.6 Å². The van der Waals surface area contributed by atoms with Gasteiger partial charge in [-0.1, -0.05) is 13.0 Å². The van der Waals surface area contributed by atoms with Gasteiger partial charge in [-0.3, -0.25) is 19.2 Å². The molecule has 11 heteroatoms. The monoisotopic (exact) mass is 426 g/mol. The molecule has 0 radical (unpaired) electrons. The Balaban J connectivity index is 2.00. The fraction of sp³-hybridized carbons (Fsp3) is 0.556. The lowest BCUT2D eigenvalue weighted by Crippen LogP contribution is -2.43. The first kappa shape index (κ1) is 22.9. The molecule has 0 bridgehead atoms. The number of carbonyl (C=O) groups excluding carboxylic acids is 3. The molecule has 0 saturated carbocycles. The highest BCUT2D eigenvalue weighted by atomic mass is 32.2. The van der Waals surface area contributed by atoms with Crippen molar-refractivity contribution in [1.82, 2.24) is 14.8 Å². The Morgan fingerprint density at radius 3 is 2.72 bits per heavy atom. The molecular formula is C18H26N4O6S. The Morgan fingerprint density at radius 1 is 1.38 bits per heavy atom. The highest BCUT2D eigenvalue weighted by Crippen LogP contribution is 2.25. The molecule has 1 aromatic rings. The summed E-state index contributed by atoms with van der Waals surface area (Å²) < 4.78 is 26.8. The van der Waals surface area contributed by atoms with Crippen LogP contribution in [0.5, 0.6) is 0 Å². The van der Waals surface area contributed by atoms with Crippen molar-refractivity contribution in [1.29, 1.82) is 0 Å². The largest absolute Gasteiger partial charge is 0.369 e. The Kier molecular flexibility index (Phi) is 7.82. The summed E-state index contributed by atoms with van der Waals surface area (Å²) >= 11 is 0. The molecule has 1 fully saturated rings. The Labute approximate surface area is 169 Å². The van der Waals surface area contributed by atoms with Gasteiger partial charge in [0.15, 0.2) is 10.8 Å². The van der Waals surface area contributed by atoms with E-state index in [-0.39, 0.29) is 18.1 Å². The van der Waals surface area contributed by atoms with Gasteiger partial charge in [-0.2, -0.15) is 4.31 Å². The highest BCUT2D eigenvalue weighted by Gasteiger charge is 2.39. The zero-order valence-electron chi connectivity index (χ0n) is 16.4.